The van der Waals surface area contributed by atoms with E-state index in [-0.39, 0.29) is 0 Å². The lowest BCUT2D eigenvalue weighted by Crippen LogP contribution is -2.08. The van der Waals surface area contributed by atoms with Crippen LogP contribution in [0.3, 0.4) is 0 Å². The number of fused-ring (bicyclic) bond motifs is 1. The van der Waals surface area contributed by atoms with Crippen LogP contribution in [0.1, 0.15) is 38.1 Å². The van der Waals surface area contributed by atoms with Crippen molar-refractivity contribution in [3.05, 3.63) is 29.5 Å². The van der Waals surface area contributed by atoms with Crippen LogP contribution in [-0.4, -0.2) is 18.7 Å². The van der Waals surface area contributed by atoms with Crippen molar-refractivity contribution in [3.8, 4) is 0 Å². The summed E-state index contributed by atoms with van der Waals surface area (Å²) >= 11 is 0. The van der Waals surface area contributed by atoms with Gasteiger partial charge >= 0.3 is 0 Å². The van der Waals surface area contributed by atoms with Crippen molar-refractivity contribution in [2.24, 2.45) is 0 Å². The van der Waals surface area contributed by atoms with Crippen molar-refractivity contribution in [2.45, 2.75) is 40.2 Å². The van der Waals surface area contributed by atoms with Gasteiger partial charge in [-0.3, -0.25) is 0 Å². The lowest BCUT2D eigenvalue weighted by atomic mass is 10.1. The summed E-state index contributed by atoms with van der Waals surface area (Å²) in [5, 5.41) is 1.41. The first kappa shape index (κ1) is 13.0. The monoisotopic (exact) mass is 244 g/mol. The molecule has 0 aliphatic heterocycles. The fourth-order valence-corrected chi connectivity index (χ4v) is 2.89. The van der Waals surface area contributed by atoms with Crippen molar-refractivity contribution < 1.29 is 0 Å². The van der Waals surface area contributed by atoms with E-state index in [2.05, 4.69) is 69.5 Å². The zero-order valence-corrected chi connectivity index (χ0v) is 12.4. The molecule has 0 spiro atoms. The van der Waals surface area contributed by atoms with Crippen molar-refractivity contribution in [2.75, 3.05) is 19.0 Å². The Morgan fingerprint density at radius 1 is 1.22 bits per heavy atom. The summed E-state index contributed by atoms with van der Waals surface area (Å²) < 4.78 is 2.45. The topological polar surface area (TPSA) is 8.17 Å². The van der Waals surface area contributed by atoms with E-state index in [1.54, 1.807) is 0 Å². The van der Waals surface area contributed by atoms with Crippen molar-refractivity contribution in [3.63, 3.8) is 0 Å². The number of anilines is 1. The molecule has 1 aromatic heterocycles. The number of aryl methyl sites for hydroxylation is 1. The molecule has 0 unspecified atom stereocenters. The zero-order chi connectivity index (χ0) is 13.4. The predicted octanol–water partition coefficient (Wildman–Crippen LogP) is 4.16. The molecule has 0 fully saturated rings. The molecular weight excluding hydrogens is 220 g/mol. The van der Waals surface area contributed by atoms with Gasteiger partial charge < -0.3 is 9.47 Å². The quantitative estimate of drug-likeness (QED) is 0.787. The van der Waals surface area contributed by atoms with E-state index in [9.17, 15) is 0 Å². The Labute approximate surface area is 110 Å². The first-order valence-electron chi connectivity index (χ1n) is 6.78. The summed E-state index contributed by atoms with van der Waals surface area (Å²) in [6, 6.07) is 7.30. The standard InChI is InChI=1S/C16H24N2/c1-7-14-12(4)18(11(2)3)16-9-8-13(17(5)6)10-15(14)16/h8-11H,7H2,1-6H3. The van der Waals surface area contributed by atoms with Crippen LogP contribution in [0, 0.1) is 6.92 Å². The van der Waals surface area contributed by atoms with Crippen molar-refractivity contribution in [1.29, 1.82) is 0 Å². The fourth-order valence-electron chi connectivity index (χ4n) is 2.89. The molecule has 2 heteroatoms. The maximum absolute atomic E-state index is 2.45. The molecule has 0 radical (unpaired) electrons. The molecule has 0 amide bonds. The van der Waals surface area contributed by atoms with Gasteiger partial charge in [-0.25, -0.2) is 0 Å². The third-order valence-electron chi connectivity index (χ3n) is 3.75. The fraction of sp³-hybridized carbons (Fsp3) is 0.500. The second kappa shape index (κ2) is 4.68. The summed E-state index contributed by atoms with van der Waals surface area (Å²) in [6.45, 7) is 9.00. The van der Waals surface area contributed by atoms with Gasteiger partial charge in [0.1, 0.15) is 0 Å². The molecule has 98 valence electrons. The van der Waals surface area contributed by atoms with Crippen LogP contribution in [0.4, 0.5) is 5.69 Å². The van der Waals surface area contributed by atoms with Gasteiger partial charge in [-0.15, -0.1) is 0 Å². The van der Waals surface area contributed by atoms with E-state index in [0.29, 0.717) is 6.04 Å². The highest BCUT2D eigenvalue weighted by molar-refractivity contribution is 5.88. The highest BCUT2D eigenvalue weighted by Gasteiger charge is 2.15. The third-order valence-corrected chi connectivity index (χ3v) is 3.75. The van der Waals surface area contributed by atoms with E-state index in [1.807, 2.05) is 0 Å². The Bertz CT molecular complexity index is 562. The summed E-state index contributed by atoms with van der Waals surface area (Å²) in [7, 11) is 4.19. The Kier molecular flexibility index (Phi) is 3.38. The van der Waals surface area contributed by atoms with Crippen LogP contribution >= 0.6 is 0 Å². The molecule has 0 saturated carbocycles. The maximum Gasteiger partial charge on any atom is 0.0489 e. The summed E-state index contributed by atoms with van der Waals surface area (Å²) in [6.07, 6.45) is 1.10. The molecule has 2 nitrogen and oxygen atoms in total. The second-order valence-corrected chi connectivity index (χ2v) is 5.48. The molecule has 2 aromatic rings. The van der Waals surface area contributed by atoms with Gasteiger partial charge in [-0.2, -0.15) is 0 Å². The van der Waals surface area contributed by atoms with E-state index >= 15 is 0 Å². The summed E-state index contributed by atoms with van der Waals surface area (Å²) in [5.41, 5.74) is 5.55. The predicted molar refractivity (Wildman–Crippen MR) is 80.8 cm³/mol. The Hall–Kier alpha value is -1.44. The van der Waals surface area contributed by atoms with Crippen LogP contribution in [0.2, 0.25) is 0 Å². The molecule has 0 saturated heterocycles. The largest absolute Gasteiger partial charge is 0.378 e. The van der Waals surface area contributed by atoms with E-state index in [4.69, 9.17) is 0 Å². The third kappa shape index (κ3) is 1.90. The molecule has 2 rings (SSSR count). The highest BCUT2D eigenvalue weighted by atomic mass is 15.1. The lowest BCUT2D eigenvalue weighted by Gasteiger charge is -2.14. The first-order valence-corrected chi connectivity index (χ1v) is 6.78. The number of benzene rings is 1. The molecule has 0 atom stereocenters. The van der Waals surface area contributed by atoms with Gasteiger partial charge in [0.25, 0.3) is 0 Å². The first-order chi connectivity index (χ1) is 8.47. The maximum atomic E-state index is 2.45. The Morgan fingerprint density at radius 3 is 2.39 bits per heavy atom. The molecular formula is C16H24N2. The van der Waals surface area contributed by atoms with Crippen LogP contribution in [0.15, 0.2) is 18.2 Å². The van der Waals surface area contributed by atoms with Gasteiger partial charge in [0.05, 0.1) is 0 Å². The lowest BCUT2D eigenvalue weighted by molar-refractivity contribution is 0.605. The SMILES string of the molecule is CCc1c(C)n(C(C)C)c2ccc(N(C)C)cc12. The van der Waals surface area contributed by atoms with Crippen LogP contribution < -0.4 is 4.90 Å². The minimum absolute atomic E-state index is 0.512. The molecule has 0 N–H and O–H groups in total. The average Bonchev–Trinajstić information content (AvgIpc) is 2.59. The summed E-state index contributed by atoms with van der Waals surface area (Å²) in [4.78, 5) is 2.17. The van der Waals surface area contributed by atoms with Crippen LogP contribution in [0.25, 0.3) is 10.9 Å². The highest BCUT2D eigenvalue weighted by Crippen LogP contribution is 2.31. The van der Waals surface area contributed by atoms with Gasteiger partial charge in [-0.1, -0.05) is 6.92 Å². The number of nitrogens with zero attached hydrogens (tertiary/aromatic N) is 2. The minimum Gasteiger partial charge on any atom is -0.378 e. The van der Waals surface area contributed by atoms with Crippen LogP contribution in [0.5, 0.6) is 0 Å². The molecule has 1 heterocycles. The smallest absolute Gasteiger partial charge is 0.0489 e. The normalized spacial score (nSPS) is 11.5. The van der Waals surface area contributed by atoms with E-state index in [1.165, 1.54) is 27.8 Å². The zero-order valence-electron chi connectivity index (χ0n) is 12.4. The van der Waals surface area contributed by atoms with Crippen molar-refractivity contribution in [1.82, 2.24) is 4.57 Å². The molecule has 18 heavy (non-hydrogen) atoms. The number of rotatable bonds is 3. The van der Waals surface area contributed by atoms with Crippen LogP contribution in [-0.2, 0) is 6.42 Å². The number of hydrogen-bond acceptors (Lipinski definition) is 1. The Balaban J connectivity index is 2.78. The molecule has 0 aliphatic rings. The van der Waals surface area contributed by atoms with Crippen molar-refractivity contribution >= 4 is 16.6 Å². The summed E-state index contributed by atoms with van der Waals surface area (Å²) in [5.74, 6) is 0. The Morgan fingerprint density at radius 2 is 1.89 bits per heavy atom. The van der Waals surface area contributed by atoms with Gasteiger partial charge in [0, 0.05) is 42.4 Å². The molecule has 1 aromatic carbocycles. The van der Waals surface area contributed by atoms with Gasteiger partial charge in [0.2, 0.25) is 0 Å². The average molecular weight is 244 g/mol. The number of hydrogen-bond donors (Lipinski definition) is 0. The minimum atomic E-state index is 0.512. The van der Waals surface area contributed by atoms with E-state index in [0.717, 1.165) is 6.42 Å². The van der Waals surface area contributed by atoms with Gasteiger partial charge in [-0.05, 0) is 51.0 Å². The number of aromatic nitrogens is 1. The second-order valence-electron chi connectivity index (χ2n) is 5.48. The van der Waals surface area contributed by atoms with E-state index < -0.39 is 0 Å². The molecule has 0 bridgehead atoms. The molecule has 0 aliphatic carbocycles. The van der Waals surface area contributed by atoms with Gasteiger partial charge in [0.15, 0.2) is 0 Å².